The lowest BCUT2D eigenvalue weighted by Gasteiger charge is -2.09. The van der Waals surface area contributed by atoms with Gasteiger partial charge < -0.3 is 0 Å². The lowest BCUT2D eigenvalue weighted by molar-refractivity contribution is 1.33. The molecule has 0 bridgehead atoms. The Bertz CT molecular complexity index is 730. The molecule has 0 nitrogen and oxygen atoms in total. The fraction of sp³-hybridized carbons (Fsp3) is 0.0667. The maximum atomic E-state index is 4.60. The zero-order valence-electron chi connectivity index (χ0n) is 9.44. The zero-order chi connectivity index (χ0) is 12.0. The van der Waals surface area contributed by atoms with Gasteiger partial charge in [0.2, 0.25) is 0 Å². The SMILES string of the molecule is Cc1ccc2ccc3ccc(S)c(S)c3c2c1. The molecule has 3 aromatic rings. The van der Waals surface area contributed by atoms with Gasteiger partial charge in [0.1, 0.15) is 0 Å². The fourth-order valence-electron chi connectivity index (χ4n) is 2.23. The van der Waals surface area contributed by atoms with Gasteiger partial charge >= 0.3 is 0 Å². The van der Waals surface area contributed by atoms with E-state index in [1.165, 1.54) is 27.1 Å². The van der Waals surface area contributed by atoms with Crippen molar-refractivity contribution in [2.75, 3.05) is 0 Å². The van der Waals surface area contributed by atoms with Crippen LogP contribution in [-0.4, -0.2) is 0 Å². The van der Waals surface area contributed by atoms with Crippen LogP contribution in [0, 0.1) is 6.92 Å². The Labute approximate surface area is 111 Å². The third kappa shape index (κ3) is 1.72. The average molecular weight is 256 g/mol. The fourth-order valence-corrected chi connectivity index (χ4v) is 2.74. The van der Waals surface area contributed by atoms with Crippen LogP contribution in [0.25, 0.3) is 21.5 Å². The first-order valence-electron chi connectivity index (χ1n) is 5.51. The van der Waals surface area contributed by atoms with Crippen molar-refractivity contribution in [3.05, 3.63) is 48.0 Å². The van der Waals surface area contributed by atoms with Gasteiger partial charge in [-0.3, -0.25) is 0 Å². The topological polar surface area (TPSA) is 0 Å². The summed E-state index contributed by atoms with van der Waals surface area (Å²) in [7, 11) is 0. The predicted octanol–water partition coefficient (Wildman–Crippen LogP) is 4.88. The van der Waals surface area contributed by atoms with Gasteiger partial charge in [-0.05, 0) is 29.1 Å². The van der Waals surface area contributed by atoms with Crippen molar-refractivity contribution in [1.29, 1.82) is 0 Å². The number of fused-ring (bicyclic) bond motifs is 3. The summed E-state index contributed by atoms with van der Waals surface area (Å²) in [5.74, 6) is 0. The van der Waals surface area contributed by atoms with Gasteiger partial charge in [-0.2, -0.15) is 0 Å². The summed E-state index contributed by atoms with van der Waals surface area (Å²) in [5.41, 5.74) is 1.27. The summed E-state index contributed by atoms with van der Waals surface area (Å²) in [5, 5.41) is 4.91. The predicted molar refractivity (Wildman–Crippen MR) is 80.7 cm³/mol. The molecule has 84 valence electrons. The minimum absolute atomic E-state index is 0.926. The van der Waals surface area contributed by atoms with Crippen molar-refractivity contribution in [3.63, 3.8) is 0 Å². The Morgan fingerprint density at radius 3 is 2.29 bits per heavy atom. The highest BCUT2D eigenvalue weighted by molar-refractivity contribution is 7.83. The molecule has 0 amide bonds. The van der Waals surface area contributed by atoms with Gasteiger partial charge in [-0.1, -0.05) is 42.0 Å². The molecule has 0 aliphatic rings. The minimum atomic E-state index is 0.926. The van der Waals surface area contributed by atoms with Crippen molar-refractivity contribution in [2.45, 2.75) is 16.7 Å². The lowest BCUT2D eigenvalue weighted by atomic mass is 10.0. The van der Waals surface area contributed by atoms with E-state index in [0.29, 0.717) is 0 Å². The van der Waals surface area contributed by atoms with Gasteiger partial charge in [-0.25, -0.2) is 0 Å². The van der Waals surface area contributed by atoms with Crippen molar-refractivity contribution >= 4 is 46.8 Å². The molecule has 0 aliphatic heterocycles. The highest BCUT2D eigenvalue weighted by atomic mass is 32.1. The van der Waals surface area contributed by atoms with Gasteiger partial charge in [-0.15, -0.1) is 25.3 Å². The molecule has 3 rings (SSSR count). The smallest absolute Gasteiger partial charge is 0.0259 e. The van der Waals surface area contributed by atoms with Crippen molar-refractivity contribution in [3.8, 4) is 0 Å². The molecule has 0 atom stereocenters. The van der Waals surface area contributed by atoms with E-state index in [2.05, 4.69) is 68.6 Å². The van der Waals surface area contributed by atoms with E-state index < -0.39 is 0 Å². The third-order valence-electron chi connectivity index (χ3n) is 3.11. The highest BCUT2D eigenvalue weighted by Crippen LogP contribution is 2.34. The van der Waals surface area contributed by atoms with E-state index in [1.807, 2.05) is 6.07 Å². The second-order valence-corrected chi connectivity index (χ2v) is 5.25. The van der Waals surface area contributed by atoms with E-state index >= 15 is 0 Å². The van der Waals surface area contributed by atoms with E-state index in [1.54, 1.807) is 0 Å². The summed E-state index contributed by atoms with van der Waals surface area (Å²) in [6, 6.07) is 14.9. The molecular formula is C15H12S2. The number of thiol groups is 2. The van der Waals surface area contributed by atoms with Crippen LogP contribution in [-0.2, 0) is 0 Å². The minimum Gasteiger partial charge on any atom is -0.142 e. The van der Waals surface area contributed by atoms with E-state index in [4.69, 9.17) is 0 Å². The normalized spacial score (nSPS) is 11.2. The summed E-state index contributed by atoms with van der Waals surface area (Å²) in [6.07, 6.45) is 0. The Morgan fingerprint density at radius 1 is 0.824 bits per heavy atom. The molecule has 3 aromatic carbocycles. The standard InChI is InChI=1S/C15H12S2/c1-9-2-3-10-4-5-11-6-7-13(16)15(17)14(11)12(10)8-9/h2-8,16-17H,1H3. The second kappa shape index (κ2) is 3.97. The first-order valence-corrected chi connectivity index (χ1v) is 6.40. The molecule has 0 heterocycles. The molecule has 0 aliphatic carbocycles. The van der Waals surface area contributed by atoms with Crippen molar-refractivity contribution in [2.24, 2.45) is 0 Å². The molecule has 2 heteroatoms. The van der Waals surface area contributed by atoms with E-state index in [9.17, 15) is 0 Å². The molecular weight excluding hydrogens is 244 g/mol. The number of rotatable bonds is 0. The van der Waals surface area contributed by atoms with Crippen LogP contribution in [0.2, 0.25) is 0 Å². The molecule has 0 unspecified atom stereocenters. The average Bonchev–Trinajstić information content (AvgIpc) is 2.33. The van der Waals surface area contributed by atoms with Crippen LogP contribution in [0.5, 0.6) is 0 Å². The largest absolute Gasteiger partial charge is 0.142 e. The number of hydrogen-bond acceptors (Lipinski definition) is 2. The van der Waals surface area contributed by atoms with Crippen LogP contribution in [0.15, 0.2) is 52.3 Å². The first kappa shape index (κ1) is 11.0. The second-order valence-electron chi connectivity index (χ2n) is 4.32. The summed E-state index contributed by atoms with van der Waals surface area (Å²) < 4.78 is 0. The Balaban J connectivity index is 2.61. The molecule has 0 N–H and O–H groups in total. The molecule has 0 fully saturated rings. The highest BCUT2D eigenvalue weighted by Gasteiger charge is 2.06. The molecule has 0 aromatic heterocycles. The van der Waals surface area contributed by atoms with Crippen LogP contribution < -0.4 is 0 Å². The maximum Gasteiger partial charge on any atom is 0.0259 e. The number of hydrogen-bond donors (Lipinski definition) is 2. The van der Waals surface area contributed by atoms with E-state index in [-0.39, 0.29) is 0 Å². The quantitative estimate of drug-likeness (QED) is 0.416. The van der Waals surface area contributed by atoms with Gasteiger partial charge in [0.25, 0.3) is 0 Å². The van der Waals surface area contributed by atoms with Gasteiger partial charge in [0.15, 0.2) is 0 Å². The zero-order valence-corrected chi connectivity index (χ0v) is 11.2. The molecule has 17 heavy (non-hydrogen) atoms. The summed E-state index contributed by atoms with van der Waals surface area (Å²) in [4.78, 5) is 1.89. The van der Waals surface area contributed by atoms with Crippen molar-refractivity contribution < 1.29 is 0 Å². The molecule has 0 spiro atoms. The Hall–Kier alpha value is -1.12. The number of aryl methyl sites for hydroxylation is 1. The first-order chi connectivity index (χ1) is 8.16. The Kier molecular flexibility index (Phi) is 2.57. The third-order valence-corrected chi connectivity index (χ3v) is 4.12. The maximum absolute atomic E-state index is 4.60. The van der Waals surface area contributed by atoms with Crippen LogP contribution in [0.3, 0.4) is 0 Å². The van der Waals surface area contributed by atoms with Crippen LogP contribution >= 0.6 is 25.3 Å². The van der Waals surface area contributed by atoms with Gasteiger partial charge in [0.05, 0.1) is 0 Å². The van der Waals surface area contributed by atoms with Crippen molar-refractivity contribution in [1.82, 2.24) is 0 Å². The van der Waals surface area contributed by atoms with Crippen LogP contribution in [0.4, 0.5) is 0 Å². The van der Waals surface area contributed by atoms with Crippen LogP contribution in [0.1, 0.15) is 5.56 Å². The summed E-state index contributed by atoms with van der Waals surface area (Å²) >= 11 is 9.05. The number of benzene rings is 3. The molecule has 0 radical (unpaired) electrons. The Morgan fingerprint density at radius 2 is 1.47 bits per heavy atom. The molecule has 0 saturated heterocycles. The van der Waals surface area contributed by atoms with E-state index in [0.717, 1.165) is 9.79 Å². The lowest BCUT2D eigenvalue weighted by Crippen LogP contribution is -1.82. The van der Waals surface area contributed by atoms with Gasteiger partial charge in [0, 0.05) is 15.2 Å². The monoisotopic (exact) mass is 256 g/mol. The summed E-state index contributed by atoms with van der Waals surface area (Å²) in [6.45, 7) is 2.11. The molecule has 0 saturated carbocycles.